The minimum absolute atomic E-state index is 0.0431. The molecule has 1 aliphatic rings. The molecule has 2 aromatic heterocycles. The highest BCUT2D eigenvalue weighted by Gasteiger charge is 2.33. The van der Waals surface area contributed by atoms with Crippen LogP contribution in [0.1, 0.15) is 43.5 Å². The third-order valence-electron chi connectivity index (χ3n) is 7.62. The fourth-order valence-electron chi connectivity index (χ4n) is 5.54. The highest BCUT2D eigenvalue weighted by Crippen LogP contribution is 2.32. The van der Waals surface area contributed by atoms with E-state index in [0.29, 0.717) is 27.1 Å². The first-order chi connectivity index (χ1) is 21.6. The standard InChI is InChI=1S/C34H30N4O5S2/c1-20(2)43-33(40)30-21(3)35-34-37(31(30)23-11-15-26(44-4)16-12-23)32(39)29(45-34)17-24-19-36(28-8-6-5-7-27(24)28)18-22-9-13-25(14-10-22)38(41)42/h5-17,19-20,31H,18H2,1-4H3/b29-17-/t31-/m0/s1. The summed E-state index contributed by atoms with van der Waals surface area (Å²) >= 11 is 2.90. The van der Waals surface area contributed by atoms with Crippen molar-refractivity contribution in [3.05, 3.63) is 137 Å². The van der Waals surface area contributed by atoms with Crippen LogP contribution < -0.4 is 14.9 Å². The second-order valence-corrected chi connectivity index (χ2v) is 12.9. The Balaban J connectivity index is 1.47. The van der Waals surface area contributed by atoms with Crippen molar-refractivity contribution < 1.29 is 14.5 Å². The first-order valence-electron chi connectivity index (χ1n) is 14.3. The molecule has 1 atom stereocenters. The molecule has 0 spiro atoms. The fourth-order valence-corrected chi connectivity index (χ4v) is 6.99. The largest absolute Gasteiger partial charge is 0.459 e. The minimum atomic E-state index is -0.686. The normalized spacial score (nSPS) is 15.0. The summed E-state index contributed by atoms with van der Waals surface area (Å²) in [5, 5.41) is 12.1. The highest BCUT2D eigenvalue weighted by atomic mass is 32.2. The number of thiazole rings is 1. The molecular formula is C34H30N4O5S2. The van der Waals surface area contributed by atoms with Gasteiger partial charge < -0.3 is 9.30 Å². The molecule has 0 bridgehead atoms. The van der Waals surface area contributed by atoms with E-state index in [1.165, 1.54) is 23.5 Å². The first kappa shape index (κ1) is 30.3. The Kier molecular flexibility index (Phi) is 8.30. The number of nitro benzene ring substituents is 1. The lowest BCUT2D eigenvalue weighted by atomic mass is 9.96. The van der Waals surface area contributed by atoms with Gasteiger partial charge in [-0.25, -0.2) is 9.79 Å². The molecule has 0 unspecified atom stereocenters. The molecule has 0 aliphatic carbocycles. The molecule has 228 valence electrons. The van der Waals surface area contributed by atoms with Gasteiger partial charge in [-0.15, -0.1) is 11.8 Å². The van der Waals surface area contributed by atoms with Crippen LogP contribution in [0.25, 0.3) is 17.0 Å². The Morgan fingerprint density at radius 1 is 1.11 bits per heavy atom. The average molecular weight is 639 g/mol. The molecule has 0 radical (unpaired) electrons. The summed E-state index contributed by atoms with van der Waals surface area (Å²) in [7, 11) is 0. The molecular weight excluding hydrogens is 609 g/mol. The van der Waals surface area contributed by atoms with Crippen molar-refractivity contribution in [2.75, 3.05) is 6.26 Å². The maximum Gasteiger partial charge on any atom is 0.338 e. The van der Waals surface area contributed by atoms with E-state index in [4.69, 9.17) is 9.73 Å². The van der Waals surface area contributed by atoms with Crippen LogP contribution in [0.15, 0.2) is 105 Å². The highest BCUT2D eigenvalue weighted by molar-refractivity contribution is 7.98. The predicted molar refractivity (Wildman–Crippen MR) is 177 cm³/mol. The Morgan fingerprint density at radius 2 is 1.82 bits per heavy atom. The molecule has 0 N–H and O–H groups in total. The third-order valence-corrected chi connectivity index (χ3v) is 9.35. The molecule has 0 saturated heterocycles. The second kappa shape index (κ2) is 12.3. The number of hydrogen-bond donors (Lipinski definition) is 0. The van der Waals surface area contributed by atoms with Gasteiger partial charge in [-0.1, -0.05) is 53.8 Å². The van der Waals surface area contributed by atoms with Crippen molar-refractivity contribution in [1.82, 2.24) is 9.13 Å². The van der Waals surface area contributed by atoms with E-state index in [1.54, 1.807) is 49.2 Å². The van der Waals surface area contributed by atoms with E-state index in [-0.39, 0.29) is 17.4 Å². The van der Waals surface area contributed by atoms with Crippen LogP contribution in [0.2, 0.25) is 0 Å². The number of esters is 1. The summed E-state index contributed by atoms with van der Waals surface area (Å²) < 4.78 is 9.78. The molecule has 5 aromatic rings. The number of para-hydroxylation sites is 1. The number of rotatable bonds is 8. The van der Waals surface area contributed by atoms with Gasteiger partial charge in [-0.3, -0.25) is 19.5 Å². The van der Waals surface area contributed by atoms with E-state index in [9.17, 15) is 19.7 Å². The number of benzene rings is 3. The molecule has 3 aromatic carbocycles. The summed E-state index contributed by atoms with van der Waals surface area (Å²) in [4.78, 5) is 44.6. The number of nitrogens with zero attached hydrogens (tertiary/aromatic N) is 4. The Hall–Kier alpha value is -4.74. The van der Waals surface area contributed by atoms with E-state index in [2.05, 4.69) is 4.57 Å². The van der Waals surface area contributed by atoms with Gasteiger partial charge >= 0.3 is 5.97 Å². The van der Waals surface area contributed by atoms with E-state index in [0.717, 1.165) is 32.5 Å². The number of carbonyl (C=O) groups excluding carboxylic acids is 1. The van der Waals surface area contributed by atoms with Gasteiger partial charge in [-0.2, -0.15) is 0 Å². The Labute approximate surface area is 267 Å². The number of carbonyl (C=O) groups is 1. The molecule has 0 fully saturated rings. The molecule has 45 heavy (non-hydrogen) atoms. The SMILES string of the molecule is CSc1ccc([C@H]2C(C(=O)OC(C)C)=C(C)N=c3s/c(=C\c4cn(Cc5ccc([N+](=O)[O-])cc5)c5ccccc45)c(=O)n32)cc1. The van der Waals surface area contributed by atoms with Gasteiger partial charge in [-0.05, 0) is 62.4 Å². The van der Waals surface area contributed by atoms with Crippen molar-refractivity contribution in [3.63, 3.8) is 0 Å². The van der Waals surface area contributed by atoms with Crippen LogP contribution in [-0.4, -0.2) is 32.4 Å². The van der Waals surface area contributed by atoms with Crippen molar-refractivity contribution in [3.8, 4) is 0 Å². The smallest absolute Gasteiger partial charge is 0.338 e. The quantitative estimate of drug-likeness (QED) is 0.0918. The van der Waals surface area contributed by atoms with E-state index in [1.807, 2.05) is 67.1 Å². The summed E-state index contributed by atoms with van der Waals surface area (Å²) in [5.41, 5.74) is 4.20. The number of fused-ring (bicyclic) bond motifs is 2. The van der Waals surface area contributed by atoms with Crippen molar-refractivity contribution in [2.45, 2.75) is 44.4 Å². The molecule has 0 amide bonds. The molecule has 3 heterocycles. The lowest BCUT2D eigenvalue weighted by Gasteiger charge is -2.25. The third kappa shape index (κ3) is 5.88. The second-order valence-electron chi connectivity index (χ2n) is 11.0. The number of nitro groups is 1. The Bertz CT molecular complexity index is 2160. The van der Waals surface area contributed by atoms with Crippen LogP contribution in [0.5, 0.6) is 0 Å². The summed E-state index contributed by atoms with van der Waals surface area (Å²) in [5.74, 6) is -0.492. The zero-order chi connectivity index (χ0) is 31.8. The van der Waals surface area contributed by atoms with Crippen molar-refractivity contribution in [1.29, 1.82) is 0 Å². The van der Waals surface area contributed by atoms with E-state index < -0.39 is 16.9 Å². The average Bonchev–Trinajstić information content (AvgIpc) is 3.52. The molecule has 6 rings (SSSR count). The lowest BCUT2D eigenvalue weighted by molar-refractivity contribution is -0.384. The van der Waals surface area contributed by atoms with Crippen molar-refractivity contribution >= 4 is 51.7 Å². The van der Waals surface area contributed by atoms with Gasteiger partial charge in [0.15, 0.2) is 4.80 Å². The van der Waals surface area contributed by atoms with Crippen LogP contribution in [-0.2, 0) is 16.1 Å². The predicted octanol–water partition coefficient (Wildman–Crippen LogP) is 5.82. The Morgan fingerprint density at radius 3 is 2.49 bits per heavy atom. The van der Waals surface area contributed by atoms with Gasteiger partial charge in [0, 0.05) is 46.2 Å². The maximum absolute atomic E-state index is 14.2. The summed E-state index contributed by atoms with van der Waals surface area (Å²) in [6.45, 7) is 5.87. The number of aromatic nitrogens is 2. The zero-order valence-electron chi connectivity index (χ0n) is 25.1. The number of allylic oxidation sites excluding steroid dienone is 1. The van der Waals surface area contributed by atoms with Gasteiger partial charge in [0.25, 0.3) is 11.2 Å². The minimum Gasteiger partial charge on any atom is -0.459 e. The van der Waals surface area contributed by atoms with Crippen LogP contribution >= 0.6 is 23.1 Å². The number of ether oxygens (including phenoxy) is 1. The monoisotopic (exact) mass is 638 g/mol. The molecule has 0 saturated carbocycles. The number of hydrogen-bond acceptors (Lipinski definition) is 8. The van der Waals surface area contributed by atoms with Gasteiger partial charge in [0.05, 0.1) is 32.9 Å². The maximum atomic E-state index is 14.2. The van der Waals surface area contributed by atoms with Gasteiger partial charge in [0.1, 0.15) is 0 Å². The topological polar surface area (TPSA) is 109 Å². The first-order valence-corrected chi connectivity index (χ1v) is 16.4. The fraction of sp³-hybridized carbons (Fsp3) is 0.206. The number of thioether (sulfide) groups is 1. The van der Waals surface area contributed by atoms with Crippen LogP contribution in [0.4, 0.5) is 5.69 Å². The van der Waals surface area contributed by atoms with Crippen LogP contribution in [0, 0.1) is 10.1 Å². The van der Waals surface area contributed by atoms with E-state index >= 15 is 0 Å². The lowest BCUT2D eigenvalue weighted by Crippen LogP contribution is -2.40. The summed E-state index contributed by atoms with van der Waals surface area (Å²) in [6.07, 6.45) is 5.53. The van der Waals surface area contributed by atoms with Crippen molar-refractivity contribution in [2.24, 2.45) is 4.99 Å². The molecule has 11 heteroatoms. The van der Waals surface area contributed by atoms with Gasteiger partial charge in [0.2, 0.25) is 0 Å². The number of non-ortho nitro benzene ring substituents is 1. The molecule has 1 aliphatic heterocycles. The molecule has 9 nitrogen and oxygen atoms in total. The van der Waals surface area contributed by atoms with Crippen LogP contribution in [0.3, 0.4) is 0 Å². The zero-order valence-corrected chi connectivity index (χ0v) is 26.7. The summed E-state index contributed by atoms with van der Waals surface area (Å²) in [6, 6.07) is 21.6.